The topological polar surface area (TPSA) is 84.6 Å². The van der Waals surface area contributed by atoms with E-state index in [0.717, 1.165) is 31.8 Å². The van der Waals surface area contributed by atoms with E-state index in [0.29, 0.717) is 30.4 Å². The summed E-state index contributed by atoms with van der Waals surface area (Å²) in [5, 5.41) is 10.7. The first-order valence-electron chi connectivity index (χ1n) is 8.47. The zero-order valence-corrected chi connectivity index (χ0v) is 14.8. The molecule has 130 valence electrons. The van der Waals surface area contributed by atoms with E-state index in [4.69, 9.17) is 9.26 Å². The largest absolute Gasteiger partial charge is 0.378 e. The molecular formula is C16H29N5O2. The first-order valence-corrected chi connectivity index (χ1v) is 8.47. The Morgan fingerprint density at radius 2 is 2.13 bits per heavy atom. The quantitative estimate of drug-likeness (QED) is 0.590. The number of hydrogen-bond donors (Lipinski definition) is 2. The Labute approximate surface area is 138 Å². The Morgan fingerprint density at radius 1 is 1.39 bits per heavy atom. The summed E-state index contributed by atoms with van der Waals surface area (Å²) in [6.45, 7) is 9.57. The minimum atomic E-state index is 0.177. The number of rotatable bonds is 7. The van der Waals surface area contributed by atoms with E-state index in [1.807, 2.05) is 0 Å². The van der Waals surface area contributed by atoms with Crippen LogP contribution < -0.4 is 10.6 Å². The van der Waals surface area contributed by atoms with Crippen molar-refractivity contribution >= 4 is 5.96 Å². The second kappa shape index (κ2) is 7.77. The van der Waals surface area contributed by atoms with Crippen LogP contribution in [0.25, 0.3) is 0 Å². The summed E-state index contributed by atoms with van der Waals surface area (Å²) < 4.78 is 10.9. The summed E-state index contributed by atoms with van der Waals surface area (Å²) in [6.07, 6.45) is 3.52. The Morgan fingerprint density at radius 3 is 2.65 bits per heavy atom. The summed E-state index contributed by atoms with van der Waals surface area (Å²) >= 11 is 0. The number of aryl methyl sites for hydroxylation is 1. The number of hydrogen-bond acceptors (Lipinski definition) is 5. The Balaban J connectivity index is 1.93. The Kier molecular flexibility index (Phi) is 5.98. The third-order valence-electron chi connectivity index (χ3n) is 4.99. The van der Waals surface area contributed by atoms with Crippen molar-refractivity contribution in [2.24, 2.45) is 10.4 Å². The lowest BCUT2D eigenvalue weighted by molar-refractivity contribution is -0.133. The molecule has 0 radical (unpaired) electrons. The number of ether oxygens (including phenoxy) is 1. The highest BCUT2D eigenvalue weighted by Gasteiger charge is 2.53. The summed E-state index contributed by atoms with van der Waals surface area (Å²) in [6, 6.07) is 0.368. The van der Waals surface area contributed by atoms with Gasteiger partial charge in [-0.2, -0.15) is 4.98 Å². The van der Waals surface area contributed by atoms with Crippen molar-refractivity contribution < 1.29 is 9.26 Å². The van der Waals surface area contributed by atoms with Crippen LogP contribution >= 0.6 is 0 Å². The van der Waals surface area contributed by atoms with Crippen LogP contribution in [0, 0.1) is 12.3 Å². The van der Waals surface area contributed by atoms with E-state index < -0.39 is 0 Å². The highest BCUT2D eigenvalue weighted by molar-refractivity contribution is 5.80. The number of aliphatic imine (C=N–C) groups is 1. The maximum absolute atomic E-state index is 5.92. The van der Waals surface area contributed by atoms with Gasteiger partial charge in [0.05, 0.1) is 12.6 Å². The molecule has 2 rings (SSSR count). The molecule has 1 aromatic rings. The van der Waals surface area contributed by atoms with Crippen LogP contribution in [0.5, 0.6) is 0 Å². The van der Waals surface area contributed by atoms with Gasteiger partial charge in [0.2, 0.25) is 5.89 Å². The third kappa shape index (κ3) is 3.65. The van der Waals surface area contributed by atoms with Crippen LogP contribution in [0.4, 0.5) is 0 Å². The van der Waals surface area contributed by atoms with Crippen LogP contribution in [-0.4, -0.2) is 41.9 Å². The van der Waals surface area contributed by atoms with Crippen molar-refractivity contribution in [3.05, 3.63) is 11.7 Å². The predicted octanol–water partition coefficient (Wildman–Crippen LogP) is 2.03. The molecule has 2 atom stereocenters. The third-order valence-corrected chi connectivity index (χ3v) is 4.99. The zero-order chi connectivity index (χ0) is 16.9. The molecule has 7 heteroatoms. The standard InChI is InChI=1S/C16H29N5O2/c1-6-16(7-2)12(9-13(16)22-8-3)20-15(17-5)18-10-14-19-11(4)23-21-14/h12-13H,6-10H2,1-5H3,(H2,17,18,20)/t12-,13-/m0/s1. The lowest BCUT2D eigenvalue weighted by atomic mass is 9.58. The Hall–Kier alpha value is -1.63. The SMILES string of the molecule is CCO[C@H]1C[C@H](NC(=NC)NCc2noc(C)n2)C1(CC)CC. The molecule has 0 spiro atoms. The first kappa shape index (κ1) is 17.7. The smallest absolute Gasteiger partial charge is 0.223 e. The fourth-order valence-electron chi connectivity index (χ4n) is 3.52. The van der Waals surface area contributed by atoms with Crippen LogP contribution in [0.3, 0.4) is 0 Å². The van der Waals surface area contributed by atoms with Crippen LogP contribution in [-0.2, 0) is 11.3 Å². The molecule has 2 N–H and O–H groups in total. The molecule has 0 amide bonds. The fourth-order valence-corrected chi connectivity index (χ4v) is 3.52. The number of nitrogens with zero attached hydrogens (tertiary/aromatic N) is 3. The predicted molar refractivity (Wildman–Crippen MR) is 89.2 cm³/mol. The average molecular weight is 323 g/mol. The van der Waals surface area contributed by atoms with Crippen LogP contribution in [0.2, 0.25) is 0 Å². The van der Waals surface area contributed by atoms with Crippen LogP contribution in [0.15, 0.2) is 9.52 Å². The number of aromatic nitrogens is 2. The normalized spacial score (nSPS) is 23.4. The molecule has 0 aliphatic heterocycles. The molecule has 1 aliphatic carbocycles. The second-order valence-electron chi connectivity index (χ2n) is 5.97. The molecule has 0 bridgehead atoms. The van der Waals surface area contributed by atoms with Crippen molar-refractivity contribution in [1.82, 2.24) is 20.8 Å². The highest BCUT2D eigenvalue weighted by Crippen LogP contribution is 2.48. The molecule has 1 aliphatic rings. The summed E-state index contributed by atoms with van der Waals surface area (Å²) in [5.41, 5.74) is 0.177. The molecule has 7 nitrogen and oxygen atoms in total. The second-order valence-corrected chi connectivity index (χ2v) is 5.97. The van der Waals surface area contributed by atoms with Gasteiger partial charge in [0.25, 0.3) is 0 Å². The molecule has 23 heavy (non-hydrogen) atoms. The van der Waals surface area contributed by atoms with Gasteiger partial charge in [0.15, 0.2) is 11.8 Å². The van der Waals surface area contributed by atoms with Crippen molar-refractivity contribution in [2.45, 2.75) is 65.6 Å². The summed E-state index contributed by atoms with van der Waals surface area (Å²) in [5.74, 6) is 1.96. The summed E-state index contributed by atoms with van der Waals surface area (Å²) in [7, 11) is 1.77. The molecular weight excluding hydrogens is 294 g/mol. The minimum Gasteiger partial charge on any atom is -0.378 e. The van der Waals surface area contributed by atoms with Gasteiger partial charge in [0.1, 0.15) is 0 Å². The van der Waals surface area contributed by atoms with E-state index in [1.165, 1.54) is 0 Å². The fraction of sp³-hybridized carbons (Fsp3) is 0.812. The molecule has 0 saturated heterocycles. The van der Waals surface area contributed by atoms with E-state index in [1.54, 1.807) is 14.0 Å². The van der Waals surface area contributed by atoms with E-state index >= 15 is 0 Å². The van der Waals surface area contributed by atoms with Gasteiger partial charge < -0.3 is 19.9 Å². The van der Waals surface area contributed by atoms with E-state index in [2.05, 4.69) is 46.5 Å². The lowest BCUT2D eigenvalue weighted by Crippen LogP contribution is -2.65. The van der Waals surface area contributed by atoms with Gasteiger partial charge in [-0.3, -0.25) is 4.99 Å². The minimum absolute atomic E-state index is 0.177. The molecule has 1 fully saturated rings. The number of guanidine groups is 1. The maximum Gasteiger partial charge on any atom is 0.223 e. The molecule has 1 aromatic heterocycles. The van der Waals surface area contributed by atoms with Gasteiger partial charge in [-0.15, -0.1) is 0 Å². The Bertz CT molecular complexity index is 524. The zero-order valence-electron chi connectivity index (χ0n) is 14.8. The van der Waals surface area contributed by atoms with Gasteiger partial charge in [0, 0.05) is 32.0 Å². The van der Waals surface area contributed by atoms with Gasteiger partial charge in [-0.1, -0.05) is 19.0 Å². The van der Waals surface area contributed by atoms with Crippen molar-refractivity contribution in [3.63, 3.8) is 0 Å². The molecule has 1 saturated carbocycles. The molecule has 1 heterocycles. The van der Waals surface area contributed by atoms with Crippen molar-refractivity contribution in [2.75, 3.05) is 13.7 Å². The van der Waals surface area contributed by atoms with Crippen LogP contribution in [0.1, 0.15) is 51.7 Å². The maximum atomic E-state index is 5.92. The van der Waals surface area contributed by atoms with Gasteiger partial charge in [-0.05, 0) is 26.2 Å². The summed E-state index contributed by atoms with van der Waals surface area (Å²) in [4.78, 5) is 8.49. The van der Waals surface area contributed by atoms with Gasteiger partial charge >= 0.3 is 0 Å². The monoisotopic (exact) mass is 323 g/mol. The van der Waals surface area contributed by atoms with Gasteiger partial charge in [-0.25, -0.2) is 0 Å². The molecule has 0 aromatic carbocycles. The lowest BCUT2D eigenvalue weighted by Gasteiger charge is -2.55. The average Bonchev–Trinajstić information content (AvgIpc) is 2.96. The number of nitrogens with one attached hydrogen (secondary N) is 2. The highest BCUT2D eigenvalue weighted by atomic mass is 16.5. The van der Waals surface area contributed by atoms with Crippen molar-refractivity contribution in [3.8, 4) is 0 Å². The van der Waals surface area contributed by atoms with E-state index in [9.17, 15) is 0 Å². The van der Waals surface area contributed by atoms with Crippen molar-refractivity contribution in [1.29, 1.82) is 0 Å². The van der Waals surface area contributed by atoms with E-state index in [-0.39, 0.29) is 5.41 Å². The molecule has 0 unspecified atom stereocenters. The first-order chi connectivity index (χ1) is 11.1.